The number of methoxy groups -OCH3 is 1. The van der Waals surface area contributed by atoms with Gasteiger partial charge in [0.05, 0.1) is 20.3 Å². The number of nitrogens with zero attached hydrogens (tertiary/aromatic N) is 4. The first-order valence-corrected chi connectivity index (χ1v) is 10.1. The number of hydrogen-bond donors (Lipinski definition) is 2. The van der Waals surface area contributed by atoms with Crippen molar-refractivity contribution in [3.05, 3.63) is 6.07 Å². The van der Waals surface area contributed by atoms with Gasteiger partial charge in [-0.05, 0) is 31.0 Å². The fourth-order valence-corrected chi connectivity index (χ4v) is 3.62. The van der Waals surface area contributed by atoms with E-state index in [4.69, 9.17) is 21.7 Å². The van der Waals surface area contributed by atoms with E-state index in [1.165, 1.54) is 12.8 Å². The van der Waals surface area contributed by atoms with E-state index in [1.54, 1.807) is 7.11 Å². The first kappa shape index (κ1) is 20.0. The van der Waals surface area contributed by atoms with Crippen molar-refractivity contribution in [3.8, 4) is 5.88 Å². The lowest BCUT2D eigenvalue weighted by molar-refractivity contribution is 0.0389. The van der Waals surface area contributed by atoms with Crippen LogP contribution >= 0.6 is 12.2 Å². The smallest absolute Gasteiger partial charge is 0.234 e. The van der Waals surface area contributed by atoms with Crippen LogP contribution in [0.3, 0.4) is 0 Å². The maximum absolute atomic E-state index is 5.40. The Morgan fingerprint density at radius 3 is 2.89 bits per heavy atom. The molecule has 0 aliphatic carbocycles. The molecule has 0 aromatic carbocycles. The zero-order valence-corrected chi connectivity index (χ0v) is 17.1. The highest BCUT2D eigenvalue weighted by molar-refractivity contribution is 7.80. The highest BCUT2D eigenvalue weighted by Gasteiger charge is 2.19. The van der Waals surface area contributed by atoms with Crippen molar-refractivity contribution in [1.29, 1.82) is 0 Å². The Kier molecular flexibility index (Phi) is 7.42. The van der Waals surface area contributed by atoms with Crippen LogP contribution in [0.1, 0.15) is 19.8 Å². The van der Waals surface area contributed by atoms with Gasteiger partial charge in [-0.2, -0.15) is 9.97 Å². The van der Waals surface area contributed by atoms with Crippen molar-refractivity contribution >= 4 is 29.1 Å². The minimum atomic E-state index is 0.464. The standard InChI is InChI=1S/C18H30N6O2S/c1-14-4-3-6-24(13-14)15-12-16(25-2)21-17(20-15)22-18(27)19-5-7-23-8-10-26-11-9-23/h12,14H,3-11,13H2,1-2H3,(H2,19,20,21,22,27)/t14-/m0/s1. The first-order valence-electron chi connectivity index (χ1n) is 9.67. The molecule has 0 amide bonds. The van der Waals surface area contributed by atoms with Crippen LogP contribution in [0.15, 0.2) is 6.07 Å². The molecule has 9 heteroatoms. The van der Waals surface area contributed by atoms with Crippen LogP contribution in [0.4, 0.5) is 11.8 Å². The number of aromatic nitrogens is 2. The average Bonchev–Trinajstić information content (AvgIpc) is 2.68. The number of ether oxygens (including phenoxy) is 2. The number of morpholine rings is 1. The average molecular weight is 395 g/mol. The molecule has 0 unspecified atom stereocenters. The van der Waals surface area contributed by atoms with Crippen LogP contribution < -0.4 is 20.3 Å². The van der Waals surface area contributed by atoms with Crippen LogP contribution in [0, 0.1) is 5.92 Å². The molecule has 0 spiro atoms. The minimum Gasteiger partial charge on any atom is -0.481 e. The molecule has 3 rings (SSSR count). The van der Waals surface area contributed by atoms with Gasteiger partial charge in [-0.1, -0.05) is 6.92 Å². The topological polar surface area (TPSA) is 74.8 Å². The Morgan fingerprint density at radius 2 is 2.15 bits per heavy atom. The number of piperidine rings is 1. The maximum Gasteiger partial charge on any atom is 0.234 e. The summed E-state index contributed by atoms with van der Waals surface area (Å²) in [6.45, 7) is 9.53. The van der Waals surface area contributed by atoms with Gasteiger partial charge in [0, 0.05) is 45.3 Å². The van der Waals surface area contributed by atoms with E-state index in [0.717, 1.165) is 58.3 Å². The molecule has 2 aliphatic heterocycles. The summed E-state index contributed by atoms with van der Waals surface area (Å²) in [4.78, 5) is 13.7. The first-order chi connectivity index (χ1) is 13.1. The van der Waals surface area contributed by atoms with Crippen LogP contribution in [-0.4, -0.2) is 79.6 Å². The Hall–Kier alpha value is -1.71. The molecule has 1 aromatic heterocycles. The number of hydrogen-bond acceptors (Lipinski definition) is 7. The normalized spacial score (nSPS) is 21.0. The SMILES string of the molecule is COc1cc(N2CCC[C@H](C)C2)nc(NC(=S)NCCN2CCOCC2)n1. The summed E-state index contributed by atoms with van der Waals surface area (Å²) >= 11 is 5.40. The lowest BCUT2D eigenvalue weighted by Gasteiger charge is -2.32. The Labute approximate surface area is 166 Å². The number of anilines is 2. The van der Waals surface area contributed by atoms with Gasteiger partial charge in [0.1, 0.15) is 5.82 Å². The van der Waals surface area contributed by atoms with Crippen molar-refractivity contribution in [2.45, 2.75) is 19.8 Å². The highest BCUT2D eigenvalue weighted by Crippen LogP contribution is 2.24. The van der Waals surface area contributed by atoms with Gasteiger partial charge < -0.3 is 25.0 Å². The van der Waals surface area contributed by atoms with E-state index in [0.29, 0.717) is 22.9 Å². The molecule has 0 radical (unpaired) electrons. The summed E-state index contributed by atoms with van der Waals surface area (Å²) in [6, 6.07) is 1.89. The second-order valence-corrected chi connectivity index (χ2v) is 7.53. The van der Waals surface area contributed by atoms with Crippen LogP contribution in [0.2, 0.25) is 0 Å². The van der Waals surface area contributed by atoms with Gasteiger partial charge >= 0.3 is 0 Å². The Balaban J connectivity index is 1.54. The van der Waals surface area contributed by atoms with E-state index in [1.807, 2.05) is 6.07 Å². The van der Waals surface area contributed by atoms with Crippen molar-refractivity contribution in [2.24, 2.45) is 5.92 Å². The molecule has 1 aromatic rings. The van der Waals surface area contributed by atoms with Gasteiger partial charge in [-0.15, -0.1) is 0 Å². The predicted octanol–water partition coefficient (Wildman–Crippen LogP) is 1.34. The number of nitrogens with one attached hydrogen (secondary N) is 2. The Morgan fingerprint density at radius 1 is 1.33 bits per heavy atom. The molecule has 2 N–H and O–H groups in total. The van der Waals surface area contributed by atoms with Crippen molar-refractivity contribution in [2.75, 3.05) is 69.8 Å². The molecular formula is C18H30N6O2S. The highest BCUT2D eigenvalue weighted by atomic mass is 32.1. The molecule has 0 saturated carbocycles. The predicted molar refractivity (Wildman–Crippen MR) is 111 cm³/mol. The molecular weight excluding hydrogens is 364 g/mol. The lowest BCUT2D eigenvalue weighted by Crippen LogP contribution is -2.42. The molecule has 150 valence electrons. The second kappa shape index (κ2) is 10.0. The molecule has 27 heavy (non-hydrogen) atoms. The lowest BCUT2D eigenvalue weighted by atomic mass is 10.0. The van der Waals surface area contributed by atoms with E-state index in [-0.39, 0.29) is 0 Å². The molecule has 1 atom stereocenters. The van der Waals surface area contributed by atoms with E-state index >= 15 is 0 Å². The summed E-state index contributed by atoms with van der Waals surface area (Å²) in [5.41, 5.74) is 0. The van der Waals surface area contributed by atoms with Gasteiger partial charge in [-0.3, -0.25) is 4.90 Å². The van der Waals surface area contributed by atoms with E-state index < -0.39 is 0 Å². The van der Waals surface area contributed by atoms with E-state index in [2.05, 4.69) is 37.3 Å². The van der Waals surface area contributed by atoms with E-state index in [9.17, 15) is 0 Å². The van der Waals surface area contributed by atoms with Gasteiger partial charge in [0.25, 0.3) is 0 Å². The van der Waals surface area contributed by atoms with Crippen molar-refractivity contribution in [1.82, 2.24) is 20.2 Å². The third kappa shape index (κ3) is 6.15. The summed E-state index contributed by atoms with van der Waals surface area (Å²) < 4.78 is 10.7. The van der Waals surface area contributed by atoms with Crippen LogP contribution in [0.5, 0.6) is 5.88 Å². The quantitative estimate of drug-likeness (QED) is 0.695. The van der Waals surface area contributed by atoms with Crippen molar-refractivity contribution < 1.29 is 9.47 Å². The van der Waals surface area contributed by atoms with Crippen LogP contribution in [0.25, 0.3) is 0 Å². The number of rotatable bonds is 6. The summed E-state index contributed by atoms with van der Waals surface area (Å²) in [6.07, 6.45) is 2.44. The molecule has 3 heterocycles. The largest absolute Gasteiger partial charge is 0.481 e. The van der Waals surface area contributed by atoms with Gasteiger partial charge in [0.2, 0.25) is 11.8 Å². The molecule has 2 fully saturated rings. The fourth-order valence-electron chi connectivity index (χ4n) is 3.43. The zero-order valence-electron chi connectivity index (χ0n) is 16.2. The third-order valence-electron chi connectivity index (χ3n) is 4.92. The number of thiocarbonyl (C=S) groups is 1. The van der Waals surface area contributed by atoms with Gasteiger partial charge in [-0.25, -0.2) is 0 Å². The molecule has 0 bridgehead atoms. The molecule has 2 aliphatic rings. The zero-order chi connectivity index (χ0) is 19.1. The molecule has 2 saturated heterocycles. The third-order valence-corrected chi connectivity index (χ3v) is 5.17. The summed E-state index contributed by atoms with van der Waals surface area (Å²) in [5.74, 6) is 2.55. The maximum atomic E-state index is 5.40. The Bertz CT molecular complexity index is 626. The van der Waals surface area contributed by atoms with Gasteiger partial charge in [0.15, 0.2) is 5.11 Å². The van der Waals surface area contributed by atoms with Crippen LogP contribution in [-0.2, 0) is 4.74 Å². The summed E-state index contributed by atoms with van der Waals surface area (Å²) in [5, 5.41) is 6.84. The summed E-state index contributed by atoms with van der Waals surface area (Å²) in [7, 11) is 1.62. The minimum absolute atomic E-state index is 0.464. The fraction of sp³-hybridized carbons (Fsp3) is 0.722. The monoisotopic (exact) mass is 394 g/mol. The second-order valence-electron chi connectivity index (χ2n) is 7.12. The van der Waals surface area contributed by atoms with Crippen molar-refractivity contribution in [3.63, 3.8) is 0 Å². The molecule has 8 nitrogen and oxygen atoms in total.